The summed E-state index contributed by atoms with van der Waals surface area (Å²) in [5, 5.41) is 20.0. The Bertz CT molecular complexity index is 1340. The van der Waals surface area contributed by atoms with Gasteiger partial charge in [-0.1, -0.05) is 29.8 Å². The smallest absolute Gasteiger partial charge is 0.330 e. The van der Waals surface area contributed by atoms with Gasteiger partial charge in [-0.15, -0.1) is 0 Å². The van der Waals surface area contributed by atoms with E-state index in [9.17, 15) is 19.8 Å². The van der Waals surface area contributed by atoms with Gasteiger partial charge < -0.3 is 19.7 Å². The van der Waals surface area contributed by atoms with Gasteiger partial charge in [0.05, 0.1) is 25.8 Å². The molecule has 0 unspecified atom stereocenters. The first kappa shape index (κ1) is 29.6. The molecule has 1 aliphatic rings. The van der Waals surface area contributed by atoms with Crippen molar-refractivity contribution in [2.45, 2.75) is 51.7 Å². The lowest BCUT2D eigenvalue weighted by molar-refractivity contribution is -0.143. The predicted octanol–water partition coefficient (Wildman–Crippen LogP) is 5.09. The van der Waals surface area contributed by atoms with E-state index in [1.165, 1.54) is 15.3 Å². The Labute approximate surface area is 239 Å². The van der Waals surface area contributed by atoms with Crippen LogP contribution in [0.2, 0.25) is 5.02 Å². The number of rotatable bonds is 12. The van der Waals surface area contributed by atoms with Gasteiger partial charge in [-0.2, -0.15) is 0 Å². The van der Waals surface area contributed by atoms with Gasteiger partial charge in [0.25, 0.3) is 0 Å². The van der Waals surface area contributed by atoms with E-state index in [0.717, 1.165) is 43.4 Å². The van der Waals surface area contributed by atoms with E-state index >= 15 is 0 Å². The number of benzene rings is 2. The van der Waals surface area contributed by atoms with Crippen LogP contribution in [-0.2, 0) is 24.9 Å². The third-order valence-electron chi connectivity index (χ3n) is 7.89. The fourth-order valence-corrected chi connectivity index (χ4v) is 5.57. The van der Waals surface area contributed by atoms with Gasteiger partial charge in [-0.3, -0.25) is 18.8 Å². The molecule has 0 spiro atoms. The number of hydrogen-bond donors (Lipinski definition) is 2. The van der Waals surface area contributed by atoms with E-state index in [1.807, 2.05) is 30.3 Å². The number of imidazole rings is 1. The van der Waals surface area contributed by atoms with E-state index in [1.54, 1.807) is 14.2 Å². The van der Waals surface area contributed by atoms with Crippen LogP contribution in [-0.4, -0.2) is 50.5 Å². The van der Waals surface area contributed by atoms with Crippen LogP contribution in [0.5, 0.6) is 17.4 Å². The molecule has 9 nitrogen and oxygen atoms in total. The summed E-state index contributed by atoms with van der Waals surface area (Å²) in [6.07, 6.45) is 4.60. The summed E-state index contributed by atoms with van der Waals surface area (Å²) in [5.74, 6) is 0.533. The van der Waals surface area contributed by atoms with Crippen molar-refractivity contribution in [1.82, 2.24) is 14.0 Å². The van der Waals surface area contributed by atoms with Crippen LogP contribution in [0, 0.1) is 11.8 Å². The number of aromatic nitrogens is 2. The lowest BCUT2D eigenvalue weighted by Gasteiger charge is -2.35. The van der Waals surface area contributed by atoms with Crippen molar-refractivity contribution in [2.24, 2.45) is 18.9 Å². The molecule has 3 aromatic rings. The van der Waals surface area contributed by atoms with E-state index in [2.05, 4.69) is 24.0 Å². The maximum Gasteiger partial charge on any atom is 0.330 e. The number of carboxylic acids is 1. The van der Waals surface area contributed by atoms with Crippen LogP contribution in [0.3, 0.4) is 0 Å². The van der Waals surface area contributed by atoms with Gasteiger partial charge in [0, 0.05) is 31.2 Å². The van der Waals surface area contributed by atoms with Crippen molar-refractivity contribution in [3.63, 3.8) is 0 Å². The lowest BCUT2D eigenvalue weighted by Crippen LogP contribution is -2.34. The number of carboxylic acid groups (broad SMARTS) is 1. The van der Waals surface area contributed by atoms with Crippen LogP contribution >= 0.6 is 11.6 Å². The Balaban J connectivity index is 1.47. The second kappa shape index (κ2) is 13.3. The van der Waals surface area contributed by atoms with E-state index in [-0.39, 0.29) is 36.7 Å². The second-order valence-corrected chi connectivity index (χ2v) is 11.0. The Hall–Kier alpha value is -3.43. The van der Waals surface area contributed by atoms with Gasteiger partial charge >= 0.3 is 11.7 Å². The minimum atomic E-state index is -0.688. The highest BCUT2D eigenvalue weighted by atomic mass is 35.5. The summed E-state index contributed by atoms with van der Waals surface area (Å²) >= 11 is 6.14. The number of aliphatic carboxylic acids is 1. The minimum Gasteiger partial charge on any atom is -0.493 e. The normalized spacial score (nSPS) is 18.0. The highest BCUT2D eigenvalue weighted by Crippen LogP contribution is 2.34. The summed E-state index contributed by atoms with van der Waals surface area (Å²) in [4.78, 5) is 26.0. The first-order valence-electron chi connectivity index (χ1n) is 13.6. The van der Waals surface area contributed by atoms with Gasteiger partial charge in [0.15, 0.2) is 11.5 Å². The number of aromatic hydroxyl groups is 1. The molecule has 4 rings (SSSR count). The third-order valence-corrected chi connectivity index (χ3v) is 8.15. The van der Waals surface area contributed by atoms with E-state index in [0.29, 0.717) is 29.0 Å². The molecule has 1 heterocycles. The zero-order chi connectivity index (χ0) is 28.8. The molecule has 1 saturated carbocycles. The number of hydrogen-bond acceptors (Lipinski definition) is 6. The van der Waals surface area contributed by atoms with E-state index in [4.69, 9.17) is 21.1 Å². The number of carbonyl (C=O) groups is 1. The Morgan fingerprint density at radius 2 is 1.82 bits per heavy atom. The van der Waals surface area contributed by atoms with Crippen LogP contribution < -0.4 is 15.2 Å². The maximum atomic E-state index is 12.1. The van der Waals surface area contributed by atoms with E-state index < -0.39 is 5.97 Å². The fraction of sp³-hybridized carbons (Fsp3) is 0.467. The topological polar surface area (TPSA) is 106 Å². The molecule has 0 aliphatic heterocycles. The Morgan fingerprint density at radius 3 is 2.42 bits per heavy atom. The van der Waals surface area contributed by atoms with Crippen LogP contribution in [0.25, 0.3) is 0 Å². The summed E-state index contributed by atoms with van der Waals surface area (Å²) in [6, 6.07) is 13.9. The SMILES string of the molecule is COc1cc(CN(CC2CCC(C(=O)O)CC2)[C@@H](C)c2ccc(Cl)cc2)ccc1OCCn1c(O)cn(C)c1=O. The number of aryl methyl sites for hydroxylation is 1. The molecule has 2 N–H and O–H groups in total. The first-order chi connectivity index (χ1) is 19.2. The predicted molar refractivity (Wildman–Crippen MR) is 153 cm³/mol. The molecule has 1 fully saturated rings. The lowest BCUT2D eigenvalue weighted by atomic mass is 9.81. The molecule has 10 heteroatoms. The third kappa shape index (κ3) is 7.20. The average molecular weight is 572 g/mol. The first-order valence-corrected chi connectivity index (χ1v) is 14.0. The number of halogens is 1. The number of ether oxygens (including phenoxy) is 2. The number of methoxy groups -OCH3 is 1. The molecular formula is C30H38ClN3O6. The van der Waals surface area contributed by atoms with Gasteiger partial charge in [0.2, 0.25) is 5.88 Å². The summed E-state index contributed by atoms with van der Waals surface area (Å²) in [7, 11) is 3.17. The highest BCUT2D eigenvalue weighted by Gasteiger charge is 2.28. The van der Waals surface area contributed by atoms with Gasteiger partial charge in [-0.25, -0.2) is 4.79 Å². The average Bonchev–Trinajstić information content (AvgIpc) is 3.19. The van der Waals surface area contributed by atoms with Crippen LogP contribution in [0.15, 0.2) is 53.5 Å². The minimum absolute atomic E-state index is 0.107. The van der Waals surface area contributed by atoms with Crippen molar-refractivity contribution in [2.75, 3.05) is 20.3 Å². The molecule has 0 amide bonds. The summed E-state index contributed by atoms with van der Waals surface area (Å²) in [6.45, 7) is 4.10. The molecule has 2 aromatic carbocycles. The Morgan fingerprint density at radius 1 is 1.12 bits per heavy atom. The molecule has 40 heavy (non-hydrogen) atoms. The molecule has 0 saturated heterocycles. The maximum absolute atomic E-state index is 12.1. The Kier molecular flexibility index (Phi) is 9.81. The van der Waals surface area contributed by atoms with Crippen LogP contribution in [0.4, 0.5) is 0 Å². The molecule has 0 radical (unpaired) electrons. The van der Waals surface area contributed by atoms with Crippen molar-refractivity contribution in [3.8, 4) is 17.4 Å². The monoisotopic (exact) mass is 571 g/mol. The molecular weight excluding hydrogens is 534 g/mol. The molecule has 1 aliphatic carbocycles. The quantitative estimate of drug-likeness (QED) is 0.312. The zero-order valence-electron chi connectivity index (χ0n) is 23.3. The standard InChI is InChI=1S/C30H38ClN3O6/c1-20(23-9-11-25(31)12-10-23)33(17-21-4-7-24(8-5-21)29(36)37)18-22-6-13-26(27(16-22)39-3)40-15-14-34-28(35)19-32(2)30(34)38/h6,9-13,16,19-21,24,35H,4-5,7-8,14-15,17-18H2,1-3H3,(H,36,37)/t20-,21?,24?/m0/s1. The van der Waals surface area contributed by atoms with Crippen molar-refractivity contribution >= 4 is 17.6 Å². The van der Waals surface area contributed by atoms with Crippen molar-refractivity contribution < 1.29 is 24.5 Å². The summed E-state index contributed by atoms with van der Waals surface area (Å²) in [5.41, 5.74) is 1.91. The van der Waals surface area contributed by atoms with Gasteiger partial charge in [0.1, 0.15) is 6.61 Å². The van der Waals surface area contributed by atoms with Crippen molar-refractivity contribution in [3.05, 3.63) is 75.3 Å². The number of nitrogens with zero attached hydrogens (tertiary/aromatic N) is 3. The highest BCUT2D eigenvalue weighted by molar-refractivity contribution is 6.30. The van der Waals surface area contributed by atoms with Crippen LogP contribution in [0.1, 0.15) is 49.8 Å². The largest absolute Gasteiger partial charge is 0.493 e. The summed E-state index contributed by atoms with van der Waals surface area (Å²) < 4.78 is 14.1. The van der Waals surface area contributed by atoms with Crippen molar-refractivity contribution in [1.29, 1.82) is 0 Å². The second-order valence-electron chi connectivity index (χ2n) is 10.6. The van der Waals surface area contributed by atoms with Gasteiger partial charge in [-0.05, 0) is 73.9 Å². The fourth-order valence-electron chi connectivity index (χ4n) is 5.44. The molecule has 0 bridgehead atoms. The zero-order valence-corrected chi connectivity index (χ0v) is 24.0. The molecule has 216 valence electrons. The molecule has 1 aromatic heterocycles. The molecule has 1 atom stereocenters.